The van der Waals surface area contributed by atoms with Crippen LogP contribution in [0.2, 0.25) is 0 Å². The van der Waals surface area contributed by atoms with Gasteiger partial charge in [0, 0.05) is 30.3 Å². The monoisotopic (exact) mass is 400 g/mol. The molecule has 0 aliphatic carbocycles. The van der Waals surface area contributed by atoms with Gasteiger partial charge in [0.1, 0.15) is 17.5 Å². The number of aromatic nitrogens is 2. The molecule has 0 aliphatic heterocycles. The van der Waals surface area contributed by atoms with Gasteiger partial charge in [0.15, 0.2) is 24.7 Å². The Kier molecular flexibility index (Phi) is 4.15. The first-order valence-electron chi connectivity index (χ1n) is 7.28. The van der Waals surface area contributed by atoms with Crippen LogP contribution in [0.25, 0.3) is 16.9 Å². The van der Waals surface area contributed by atoms with E-state index in [4.69, 9.17) is 0 Å². The van der Waals surface area contributed by atoms with Crippen molar-refractivity contribution in [2.45, 2.75) is 16.8 Å². The first-order chi connectivity index (χ1) is 11.9. The summed E-state index contributed by atoms with van der Waals surface area (Å²) in [6, 6.07) is 4.02. The van der Waals surface area contributed by atoms with Gasteiger partial charge in [-0.2, -0.15) is 0 Å². The second-order valence-electron chi connectivity index (χ2n) is 5.97. The van der Waals surface area contributed by atoms with E-state index in [1.807, 2.05) is 0 Å². The summed E-state index contributed by atoms with van der Waals surface area (Å²) < 4.78 is 76.7. The van der Waals surface area contributed by atoms with Gasteiger partial charge in [0.2, 0.25) is 0 Å². The molecule has 0 spiro atoms. The number of rotatable bonds is 3. The summed E-state index contributed by atoms with van der Waals surface area (Å²) in [4.78, 5) is 3.99. The number of hydrogen-bond donors (Lipinski definition) is 0. The smallest absolute Gasteiger partial charge is 0.194 e. The molecule has 0 unspecified atom stereocenters. The largest absolute Gasteiger partial charge is 0.298 e. The number of nitrogens with zero attached hydrogens (tertiary/aromatic N) is 2. The highest BCUT2D eigenvalue weighted by Gasteiger charge is 2.25. The van der Waals surface area contributed by atoms with Gasteiger partial charge >= 0.3 is 0 Å². The Bertz CT molecular complexity index is 1240. The van der Waals surface area contributed by atoms with Crippen LogP contribution in [0.1, 0.15) is 5.56 Å². The average Bonchev–Trinajstić information content (AvgIpc) is 2.85. The number of halogens is 2. The Morgan fingerprint density at radius 1 is 0.962 bits per heavy atom. The lowest BCUT2D eigenvalue weighted by Crippen LogP contribution is -2.05. The van der Waals surface area contributed by atoms with Crippen molar-refractivity contribution in [3.05, 3.63) is 47.7 Å². The fraction of sp³-hybridized carbons (Fsp3) is 0.188. The molecule has 0 fully saturated rings. The molecule has 0 atom stereocenters. The maximum absolute atomic E-state index is 13.6. The van der Waals surface area contributed by atoms with E-state index in [1.54, 1.807) is 0 Å². The molecule has 10 heteroatoms. The molecule has 138 valence electrons. The molecule has 3 aromatic rings. The van der Waals surface area contributed by atoms with Gasteiger partial charge in [-0.15, -0.1) is 0 Å². The zero-order valence-electron chi connectivity index (χ0n) is 14.0. The lowest BCUT2D eigenvalue weighted by molar-refractivity contribution is 0.584. The van der Waals surface area contributed by atoms with E-state index in [-0.39, 0.29) is 32.4 Å². The summed E-state index contributed by atoms with van der Waals surface area (Å²) in [6.07, 6.45) is 3.25. The molecule has 0 N–H and O–H groups in total. The summed E-state index contributed by atoms with van der Waals surface area (Å²) in [7, 11) is -7.45. The molecule has 3 rings (SSSR count). The van der Waals surface area contributed by atoms with Crippen LogP contribution >= 0.6 is 0 Å². The van der Waals surface area contributed by atoms with E-state index in [9.17, 15) is 25.6 Å². The molecule has 0 saturated heterocycles. The van der Waals surface area contributed by atoms with Gasteiger partial charge in [0.25, 0.3) is 0 Å². The van der Waals surface area contributed by atoms with Crippen LogP contribution in [0.5, 0.6) is 0 Å². The number of benzene rings is 1. The number of pyridine rings is 1. The van der Waals surface area contributed by atoms with Gasteiger partial charge in [0.05, 0.1) is 10.4 Å². The number of sulfone groups is 2. The predicted octanol–water partition coefficient (Wildman–Crippen LogP) is 2.39. The first kappa shape index (κ1) is 18.5. The Balaban J connectivity index is 2.50. The van der Waals surface area contributed by atoms with E-state index in [1.165, 1.54) is 23.6 Å². The highest BCUT2D eigenvalue weighted by atomic mass is 32.2. The quantitative estimate of drug-likeness (QED) is 0.674. The number of imidazole rings is 1. The van der Waals surface area contributed by atoms with Crippen LogP contribution in [0, 0.1) is 18.6 Å². The third-order valence-corrected chi connectivity index (χ3v) is 6.08. The molecule has 6 nitrogen and oxygen atoms in total. The van der Waals surface area contributed by atoms with E-state index in [2.05, 4.69) is 4.98 Å². The zero-order valence-corrected chi connectivity index (χ0v) is 15.6. The molecule has 0 radical (unpaired) electrons. The summed E-state index contributed by atoms with van der Waals surface area (Å²) in [5, 5.41) is -0.361. The Morgan fingerprint density at radius 2 is 1.54 bits per heavy atom. The predicted molar refractivity (Wildman–Crippen MR) is 91.5 cm³/mol. The van der Waals surface area contributed by atoms with Crippen molar-refractivity contribution in [3.63, 3.8) is 0 Å². The van der Waals surface area contributed by atoms with Crippen LogP contribution < -0.4 is 0 Å². The zero-order chi connectivity index (χ0) is 19.4. The van der Waals surface area contributed by atoms with Crippen LogP contribution in [-0.2, 0) is 19.7 Å². The average molecular weight is 400 g/mol. The summed E-state index contributed by atoms with van der Waals surface area (Å²) >= 11 is 0. The Morgan fingerprint density at radius 3 is 2.04 bits per heavy atom. The fourth-order valence-electron chi connectivity index (χ4n) is 2.83. The third-order valence-electron chi connectivity index (χ3n) is 3.85. The van der Waals surface area contributed by atoms with Gasteiger partial charge in [-0.25, -0.2) is 30.6 Å². The minimum absolute atomic E-state index is 0.0121. The highest BCUT2D eigenvalue weighted by Crippen LogP contribution is 2.31. The molecule has 0 saturated carbocycles. The number of aryl methyl sites for hydroxylation is 1. The van der Waals surface area contributed by atoms with E-state index >= 15 is 0 Å². The molecule has 26 heavy (non-hydrogen) atoms. The van der Waals surface area contributed by atoms with Crippen molar-refractivity contribution < 1.29 is 25.6 Å². The van der Waals surface area contributed by atoms with Crippen LogP contribution in [0.3, 0.4) is 0 Å². The van der Waals surface area contributed by atoms with Crippen LogP contribution in [-0.4, -0.2) is 38.7 Å². The molecular formula is C16H14F2N2O4S2. The van der Waals surface area contributed by atoms with Crippen molar-refractivity contribution in [2.24, 2.45) is 0 Å². The Hall–Kier alpha value is -2.33. The van der Waals surface area contributed by atoms with Crippen molar-refractivity contribution in [2.75, 3.05) is 12.5 Å². The van der Waals surface area contributed by atoms with Crippen molar-refractivity contribution >= 4 is 25.2 Å². The summed E-state index contributed by atoms with van der Waals surface area (Å²) in [5.41, 5.74) is 0.264. The van der Waals surface area contributed by atoms with E-state index < -0.39 is 31.3 Å². The fourth-order valence-corrected chi connectivity index (χ4v) is 4.64. The van der Waals surface area contributed by atoms with Gasteiger partial charge in [-0.1, -0.05) is 0 Å². The summed E-state index contributed by atoms with van der Waals surface area (Å²) in [5.74, 6) is -1.70. The minimum atomic E-state index is -3.84. The Labute approximate surface area is 149 Å². The number of hydrogen-bond acceptors (Lipinski definition) is 5. The van der Waals surface area contributed by atoms with E-state index in [0.29, 0.717) is 6.07 Å². The van der Waals surface area contributed by atoms with Crippen molar-refractivity contribution in [3.8, 4) is 11.4 Å². The van der Waals surface area contributed by atoms with Crippen molar-refractivity contribution in [1.29, 1.82) is 0 Å². The maximum Gasteiger partial charge on any atom is 0.194 e. The SMILES string of the molecule is Cc1c(S(C)(=O)=O)ccn2c(-c3cc(F)cc(F)c3)nc(S(C)(=O)=O)c12. The number of fused-ring (bicyclic) bond motifs is 1. The molecule has 1 aromatic carbocycles. The third kappa shape index (κ3) is 3.10. The molecular weight excluding hydrogens is 386 g/mol. The van der Waals surface area contributed by atoms with Gasteiger partial charge in [-0.3, -0.25) is 4.40 Å². The normalized spacial score (nSPS) is 12.7. The molecule has 0 amide bonds. The highest BCUT2D eigenvalue weighted by molar-refractivity contribution is 7.91. The first-order valence-corrected chi connectivity index (χ1v) is 11.1. The van der Waals surface area contributed by atoms with Gasteiger partial charge in [-0.05, 0) is 30.7 Å². The summed E-state index contributed by atoms with van der Waals surface area (Å²) in [6.45, 7) is 1.46. The lowest BCUT2D eigenvalue weighted by Gasteiger charge is -2.08. The van der Waals surface area contributed by atoms with Gasteiger partial charge < -0.3 is 0 Å². The lowest BCUT2D eigenvalue weighted by atomic mass is 10.2. The minimum Gasteiger partial charge on any atom is -0.298 e. The van der Waals surface area contributed by atoms with E-state index in [0.717, 1.165) is 24.6 Å². The molecule has 0 bridgehead atoms. The van der Waals surface area contributed by atoms with Crippen LogP contribution in [0.15, 0.2) is 40.4 Å². The topological polar surface area (TPSA) is 85.6 Å². The maximum atomic E-state index is 13.6. The molecule has 2 aromatic heterocycles. The second-order valence-corrected chi connectivity index (χ2v) is 9.88. The molecule has 0 aliphatic rings. The second kappa shape index (κ2) is 5.85. The van der Waals surface area contributed by atoms with Crippen LogP contribution in [0.4, 0.5) is 8.78 Å². The molecule has 2 heterocycles. The standard InChI is InChI=1S/C16H14F2N2O4S2/c1-9-13(25(2,21)22)4-5-20-14(9)16(26(3,23)24)19-15(20)10-6-11(17)8-12(18)7-10/h4-8H,1-3H3. The van der Waals surface area contributed by atoms with Crippen molar-refractivity contribution in [1.82, 2.24) is 9.38 Å².